The number of rotatable bonds is 3. The Balaban J connectivity index is 1.47. The SMILES string of the molecule is Cc1ccc(CNC(=O)C23CC4CC(CC(O)(C4)C2)C3)cc1F. The van der Waals surface area contributed by atoms with E-state index in [0.717, 1.165) is 31.2 Å². The Bertz CT molecular complexity index is 643. The van der Waals surface area contributed by atoms with Crippen LogP contribution in [0.5, 0.6) is 0 Å². The van der Waals surface area contributed by atoms with E-state index in [4.69, 9.17) is 0 Å². The minimum atomic E-state index is -0.628. The summed E-state index contributed by atoms with van der Waals surface area (Å²) >= 11 is 0. The molecular weight excluding hydrogens is 293 g/mol. The molecule has 1 amide bonds. The molecule has 4 bridgehead atoms. The third-order valence-corrected chi connectivity index (χ3v) is 6.20. The summed E-state index contributed by atoms with van der Waals surface area (Å²) in [5.41, 5.74) is 0.368. The lowest BCUT2D eigenvalue weighted by molar-refractivity contribution is -0.178. The fraction of sp³-hybridized carbons (Fsp3) is 0.632. The molecule has 4 fully saturated rings. The van der Waals surface area contributed by atoms with E-state index < -0.39 is 11.0 Å². The van der Waals surface area contributed by atoms with Crippen molar-refractivity contribution in [2.75, 3.05) is 0 Å². The summed E-state index contributed by atoms with van der Waals surface area (Å²) in [5, 5.41) is 13.7. The first-order valence-electron chi connectivity index (χ1n) is 8.63. The van der Waals surface area contributed by atoms with Gasteiger partial charge in [0, 0.05) is 6.54 Å². The Morgan fingerprint density at radius 3 is 2.61 bits per heavy atom. The number of aryl methyl sites for hydroxylation is 1. The molecule has 0 aromatic heterocycles. The molecule has 1 aromatic rings. The lowest BCUT2D eigenvalue weighted by Gasteiger charge is -2.59. The van der Waals surface area contributed by atoms with Gasteiger partial charge in [-0.25, -0.2) is 4.39 Å². The molecule has 3 nitrogen and oxygen atoms in total. The second-order valence-electron chi connectivity index (χ2n) is 8.23. The van der Waals surface area contributed by atoms with Crippen LogP contribution in [-0.4, -0.2) is 16.6 Å². The van der Waals surface area contributed by atoms with Gasteiger partial charge in [-0.2, -0.15) is 0 Å². The number of carbonyl (C=O) groups is 1. The van der Waals surface area contributed by atoms with Crippen LogP contribution < -0.4 is 5.32 Å². The minimum Gasteiger partial charge on any atom is -0.390 e. The summed E-state index contributed by atoms with van der Waals surface area (Å²) in [5.74, 6) is 0.791. The van der Waals surface area contributed by atoms with Crippen LogP contribution in [0.1, 0.15) is 49.7 Å². The summed E-state index contributed by atoms with van der Waals surface area (Å²) in [6.45, 7) is 2.08. The Morgan fingerprint density at radius 2 is 2.00 bits per heavy atom. The summed E-state index contributed by atoms with van der Waals surface area (Å²) in [6, 6.07) is 5.08. The third kappa shape index (κ3) is 2.57. The van der Waals surface area contributed by atoms with Crippen LogP contribution in [0.2, 0.25) is 0 Å². The fourth-order valence-electron chi connectivity index (χ4n) is 5.60. The summed E-state index contributed by atoms with van der Waals surface area (Å²) in [6.07, 6.45) is 5.30. The molecular formula is C19H24FNO2. The van der Waals surface area contributed by atoms with Crippen molar-refractivity contribution in [1.29, 1.82) is 0 Å². The zero-order valence-electron chi connectivity index (χ0n) is 13.6. The second-order valence-corrected chi connectivity index (χ2v) is 8.23. The molecule has 2 unspecified atom stereocenters. The van der Waals surface area contributed by atoms with Gasteiger partial charge in [0.05, 0.1) is 11.0 Å². The number of amides is 1. The van der Waals surface area contributed by atoms with Gasteiger partial charge in [-0.1, -0.05) is 12.1 Å². The lowest BCUT2D eigenvalue weighted by atomic mass is 9.47. The van der Waals surface area contributed by atoms with E-state index in [1.807, 2.05) is 6.07 Å². The van der Waals surface area contributed by atoms with E-state index in [1.54, 1.807) is 13.0 Å². The molecule has 2 N–H and O–H groups in total. The maximum atomic E-state index is 13.6. The van der Waals surface area contributed by atoms with E-state index in [1.165, 1.54) is 12.5 Å². The van der Waals surface area contributed by atoms with Crippen LogP contribution in [0.4, 0.5) is 4.39 Å². The highest BCUT2D eigenvalue weighted by molar-refractivity contribution is 5.83. The van der Waals surface area contributed by atoms with E-state index in [9.17, 15) is 14.3 Å². The summed E-state index contributed by atoms with van der Waals surface area (Å²) in [7, 11) is 0. The van der Waals surface area contributed by atoms with Crippen molar-refractivity contribution in [2.45, 2.75) is 57.6 Å². The molecule has 0 aliphatic heterocycles. The topological polar surface area (TPSA) is 49.3 Å². The molecule has 4 aliphatic carbocycles. The molecule has 1 aromatic carbocycles. The molecule has 0 spiro atoms. The van der Waals surface area contributed by atoms with Crippen LogP contribution >= 0.6 is 0 Å². The van der Waals surface area contributed by atoms with Crippen molar-refractivity contribution in [3.8, 4) is 0 Å². The van der Waals surface area contributed by atoms with E-state index >= 15 is 0 Å². The zero-order valence-corrected chi connectivity index (χ0v) is 13.6. The maximum absolute atomic E-state index is 13.6. The predicted molar refractivity (Wildman–Crippen MR) is 85.0 cm³/mol. The van der Waals surface area contributed by atoms with Gasteiger partial charge in [0.1, 0.15) is 5.82 Å². The first kappa shape index (κ1) is 15.1. The average molecular weight is 317 g/mol. The molecule has 0 saturated heterocycles. The molecule has 2 atom stereocenters. The first-order chi connectivity index (χ1) is 10.9. The molecule has 4 heteroatoms. The predicted octanol–water partition coefficient (Wildman–Crippen LogP) is 3.08. The minimum absolute atomic E-state index is 0.0472. The number of halogens is 1. The van der Waals surface area contributed by atoms with Gasteiger partial charge in [-0.3, -0.25) is 4.79 Å². The number of benzene rings is 1. The van der Waals surface area contributed by atoms with Crippen molar-refractivity contribution in [3.63, 3.8) is 0 Å². The fourth-order valence-corrected chi connectivity index (χ4v) is 5.60. The van der Waals surface area contributed by atoms with Gasteiger partial charge >= 0.3 is 0 Å². The van der Waals surface area contributed by atoms with Crippen LogP contribution in [0.15, 0.2) is 18.2 Å². The highest BCUT2D eigenvalue weighted by Gasteiger charge is 2.60. The first-order valence-corrected chi connectivity index (χ1v) is 8.63. The summed E-state index contributed by atoms with van der Waals surface area (Å²) < 4.78 is 13.6. The van der Waals surface area contributed by atoms with Crippen molar-refractivity contribution < 1.29 is 14.3 Å². The molecule has 5 rings (SSSR count). The number of nitrogens with one attached hydrogen (secondary N) is 1. The molecule has 4 saturated carbocycles. The number of carbonyl (C=O) groups excluding carboxylic acids is 1. The lowest BCUT2D eigenvalue weighted by Crippen LogP contribution is -2.60. The van der Waals surface area contributed by atoms with E-state index in [-0.39, 0.29) is 11.7 Å². The molecule has 0 heterocycles. The highest BCUT2D eigenvalue weighted by Crippen LogP contribution is 2.61. The molecule has 4 aliphatic rings. The quantitative estimate of drug-likeness (QED) is 0.900. The number of hydrogen-bond acceptors (Lipinski definition) is 2. The van der Waals surface area contributed by atoms with Gasteiger partial charge in [-0.15, -0.1) is 0 Å². The average Bonchev–Trinajstić information content (AvgIpc) is 2.45. The monoisotopic (exact) mass is 317 g/mol. The Labute approximate surface area is 136 Å². The molecule has 0 radical (unpaired) electrons. The van der Waals surface area contributed by atoms with Crippen molar-refractivity contribution in [1.82, 2.24) is 5.32 Å². The van der Waals surface area contributed by atoms with Crippen LogP contribution in [0.3, 0.4) is 0 Å². The van der Waals surface area contributed by atoms with Gasteiger partial charge in [0.15, 0.2) is 0 Å². The van der Waals surface area contributed by atoms with Gasteiger partial charge in [-0.05, 0) is 74.5 Å². The molecule has 124 valence electrons. The second kappa shape index (κ2) is 5.04. The third-order valence-electron chi connectivity index (χ3n) is 6.20. The summed E-state index contributed by atoms with van der Waals surface area (Å²) in [4.78, 5) is 12.8. The van der Waals surface area contributed by atoms with Crippen LogP contribution in [-0.2, 0) is 11.3 Å². The van der Waals surface area contributed by atoms with Crippen LogP contribution in [0.25, 0.3) is 0 Å². The smallest absolute Gasteiger partial charge is 0.226 e. The van der Waals surface area contributed by atoms with Crippen molar-refractivity contribution >= 4 is 5.91 Å². The van der Waals surface area contributed by atoms with Gasteiger partial charge in [0.2, 0.25) is 5.91 Å². The van der Waals surface area contributed by atoms with E-state index in [0.29, 0.717) is 30.4 Å². The number of aliphatic hydroxyl groups is 1. The Morgan fingerprint density at radius 1 is 1.30 bits per heavy atom. The maximum Gasteiger partial charge on any atom is 0.226 e. The normalized spacial score (nSPS) is 37.9. The number of hydrogen-bond donors (Lipinski definition) is 2. The zero-order chi connectivity index (χ0) is 16.2. The largest absolute Gasteiger partial charge is 0.390 e. The van der Waals surface area contributed by atoms with Crippen LogP contribution in [0, 0.1) is 30.0 Å². The van der Waals surface area contributed by atoms with E-state index in [2.05, 4.69) is 5.32 Å². The standard InChI is InChI=1S/C19H24FNO2/c1-12-2-3-13(5-16(12)20)10-21-17(22)18-6-14-4-15(7-18)9-19(23,8-14)11-18/h2-3,5,14-15,23H,4,6-11H2,1H3,(H,21,22). The Kier molecular flexibility index (Phi) is 3.31. The van der Waals surface area contributed by atoms with Crippen molar-refractivity contribution in [2.24, 2.45) is 17.3 Å². The van der Waals surface area contributed by atoms with Gasteiger partial charge < -0.3 is 10.4 Å². The van der Waals surface area contributed by atoms with Crippen molar-refractivity contribution in [3.05, 3.63) is 35.1 Å². The van der Waals surface area contributed by atoms with Gasteiger partial charge in [0.25, 0.3) is 0 Å². The molecule has 23 heavy (non-hydrogen) atoms. The Hall–Kier alpha value is -1.42. The highest BCUT2D eigenvalue weighted by atomic mass is 19.1.